The maximum Gasteiger partial charge on any atom is 0.243 e. The van der Waals surface area contributed by atoms with Crippen LogP contribution in [0, 0.1) is 0 Å². The number of anilines is 1. The lowest BCUT2D eigenvalue weighted by atomic mass is 10.1. The Morgan fingerprint density at radius 3 is 2.76 bits per heavy atom. The first-order chi connectivity index (χ1) is 12.0. The van der Waals surface area contributed by atoms with Crippen molar-refractivity contribution in [3.05, 3.63) is 30.7 Å². The molecule has 0 aromatic carbocycles. The van der Waals surface area contributed by atoms with Crippen molar-refractivity contribution < 1.29 is 8.42 Å². The normalized spacial score (nSPS) is 17.2. The molecule has 4 heterocycles. The lowest BCUT2D eigenvalue weighted by Gasteiger charge is -2.30. The third-order valence-corrected chi connectivity index (χ3v) is 5.73. The van der Waals surface area contributed by atoms with Gasteiger partial charge in [-0.05, 0) is 30.5 Å². The number of hydrogen-bond acceptors (Lipinski definition) is 6. The molecular formula is C15H19N7O2S. The molecule has 25 heavy (non-hydrogen) atoms. The highest BCUT2D eigenvalue weighted by atomic mass is 32.2. The van der Waals surface area contributed by atoms with Gasteiger partial charge in [0.25, 0.3) is 0 Å². The summed E-state index contributed by atoms with van der Waals surface area (Å²) in [4.78, 5) is 4.52. The van der Waals surface area contributed by atoms with E-state index in [1.54, 1.807) is 10.7 Å². The van der Waals surface area contributed by atoms with Crippen LogP contribution in [0.4, 0.5) is 5.95 Å². The zero-order valence-electron chi connectivity index (χ0n) is 13.8. The summed E-state index contributed by atoms with van der Waals surface area (Å²) in [5.41, 5.74) is 2.75. The van der Waals surface area contributed by atoms with Crippen molar-refractivity contribution in [2.75, 3.05) is 24.7 Å². The Balaban J connectivity index is 1.47. The number of rotatable bonds is 4. The monoisotopic (exact) mass is 361 g/mol. The molecule has 0 saturated carbocycles. The number of piperidine rings is 1. The number of H-pyrrole nitrogens is 1. The summed E-state index contributed by atoms with van der Waals surface area (Å²) in [6, 6.07) is 4.08. The van der Waals surface area contributed by atoms with Crippen molar-refractivity contribution in [2.24, 2.45) is 0 Å². The second-order valence-electron chi connectivity index (χ2n) is 6.22. The first-order valence-corrected chi connectivity index (χ1v) is 9.91. The van der Waals surface area contributed by atoms with E-state index in [0.29, 0.717) is 19.0 Å². The summed E-state index contributed by atoms with van der Waals surface area (Å²) in [6.07, 6.45) is 8.18. The van der Waals surface area contributed by atoms with E-state index >= 15 is 0 Å². The van der Waals surface area contributed by atoms with Gasteiger partial charge in [-0.3, -0.25) is 5.10 Å². The van der Waals surface area contributed by atoms with Crippen molar-refractivity contribution in [1.29, 1.82) is 0 Å². The summed E-state index contributed by atoms with van der Waals surface area (Å²) < 4.78 is 26.4. The molecule has 3 aromatic heterocycles. The zero-order valence-corrected chi connectivity index (χ0v) is 14.6. The Labute approximate surface area is 145 Å². The van der Waals surface area contributed by atoms with E-state index in [0.717, 1.165) is 29.6 Å². The van der Waals surface area contributed by atoms with Gasteiger partial charge in [0.2, 0.25) is 16.0 Å². The molecule has 0 amide bonds. The second-order valence-corrected chi connectivity index (χ2v) is 8.20. The lowest BCUT2D eigenvalue weighted by Crippen LogP contribution is -2.41. The molecule has 0 unspecified atom stereocenters. The van der Waals surface area contributed by atoms with Crippen LogP contribution in [-0.4, -0.2) is 62.9 Å². The van der Waals surface area contributed by atoms with Crippen molar-refractivity contribution in [2.45, 2.75) is 18.9 Å². The molecule has 3 aromatic rings. The fraction of sp³-hybridized carbons (Fsp3) is 0.400. The molecule has 4 rings (SSSR count). The molecule has 0 bridgehead atoms. The average molecular weight is 361 g/mol. The first-order valence-electron chi connectivity index (χ1n) is 8.06. The van der Waals surface area contributed by atoms with Gasteiger partial charge in [-0.15, -0.1) is 5.10 Å². The molecule has 1 aliphatic rings. The van der Waals surface area contributed by atoms with Gasteiger partial charge >= 0.3 is 0 Å². The number of sulfonamides is 1. The van der Waals surface area contributed by atoms with Crippen LogP contribution in [-0.2, 0) is 10.0 Å². The standard InChI is InChI=1S/C15H19N7O2S/c1-25(23,24)21-5-3-13(4-6-21)18-15-19-14-8-11(2-7-22(14)20-15)12-9-16-17-10-12/h2,7-10,13H,3-6H2,1H3,(H,16,17)(H,18,20). The first kappa shape index (κ1) is 16.0. The van der Waals surface area contributed by atoms with E-state index in [1.165, 1.54) is 10.6 Å². The zero-order chi connectivity index (χ0) is 17.4. The van der Waals surface area contributed by atoms with Crippen molar-refractivity contribution in [3.63, 3.8) is 0 Å². The molecule has 2 N–H and O–H groups in total. The summed E-state index contributed by atoms with van der Waals surface area (Å²) >= 11 is 0. The van der Waals surface area contributed by atoms with Crippen LogP contribution in [0.3, 0.4) is 0 Å². The Bertz CT molecular complexity index is 973. The SMILES string of the molecule is CS(=O)(=O)N1CCC(Nc2nc3cc(-c4cn[nH]c4)ccn3n2)CC1. The van der Waals surface area contributed by atoms with E-state index in [9.17, 15) is 8.42 Å². The fourth-order valence-electron chi connectivity index (χ4n) is 3.05. The Morgan fingerprint density at radius 1 is 1.28 bits per heavy atom. The molecule has 0 atom stereocenters. The van der Waals surface area contributed by atoms with Crippen LogP contribution in [0.1, 0.15) is 12.8 Å². The Hall–Kier alpha value is -2.46. The van der Waals surface area contributed by atoms with Gasteiger partial charge < -0.3 is 5.32 Å². The van der Waals surface area contributed by atoms with Gasteiger partial charge in [0.05, 0.1) is 12.5 Å². The minimum Gasteiger partial charge on any atom is -0.350 e. The molecule has 1 saturated heterocycles. The molecule has 1 fully saturated rings. The van der Waals surface area contributed by atoms with E-state index in [4.69, 9.17) is 0 Å². The number of aromatic amines is 1. The Kier molecular flexibility index (Phi) is 3.92. The largest absolute Gasteiger partial charge is 0.350 e. The van der Waals surface area contributed by atoms with Crippen LogP contribution in [0.25, 0.3) is 16.8 Å². The predicted molar refractivity (Wildman–Crippen MR) is 93.6 cm³/mol. The van der Waals surface area contributed by atoms with Gasteiger partial charge in [0, 0.05) is 37.1 Å². The molecular weight excluding hydrogens is 342 g/mol. The van der Waals surface area contributed by atoms with Crippen molar-refractivity contribution >= 4 is 21.6 Å². The molecule has 0 radical (unpaired) electrons. The fourth-order valence-corrected chi connectivity index (χ4v) is 3.92. The highest BCUT2D eigenvalue weighted by Crippen LogP contribution is 2.20. The highest BCUT2D eigenvalue weighted by molar-refractivity contribution is 7.88. The summed E-state index contributed by atoms with van der Waals surface area (Å²) in [7, 11) is -3.11. The van der Waals surface area contributed by atoms with Crippen molar-refractivity contribution in [1.82, 2.24) is 29.1 Å². The third-order valence-electron chi connectivity index (χ3n) is 4.43. The van der Waals surface area contributed by atoms with E-state index < -0.39 is 10.0 Å². The number of nitrogens with one attached hydrogen (secondary N) is 2. The number of nitrogens with zero attached hydrogens (tertiary/aromatic N) is 5. The average Bonchev–Trinajstić information content (AvgIpc) is 3.23. The maximum absolute atomic E-state index is 11.6. The molecule has 9 nitrogen and oxygen atoms in total. The van der Waals surface area contributed by atoms with Crippen LogP contribution in [0.15, 0.2) is 30.7 Å². The predicted octanol–water partition coefficient (Wildman–Crippen LogP) is 0.955. The lowest BCUT2D eigenvalue weighted by molar-refractivity contribution is 0.331. The van der Waals surface area contributed by atoms with E-state index in [2.05, 4.69) is 25.6 Å². The summed E-state index contributed by atoms with van der Waals surface area (Å²) in [6.45, 7) is 1.04. The highest BCUT2D eigenvalue weighted by Gasteiger charge is 2.25. The van der Waals surface area contributed by atoms with E-state index in [-0.39, 0.29) is 6.04 Å². The van der Waals surface area contributed by atoms with Gasteiger partial charge in [-0.2, -0.15) is 10.1 Å². The van der Waals surface area contributed by atoms with Crippen molar-refractivity contribution in [3.8, 4) is 11.1 Å². The van der Waals surface area contributed by atoms with Crippen LogP contribution < -0.4 is 5.32 Å². The number of hydrogen-bond donors (Lipinski definition) is 2. The molecule has 132 valence electrons. The summed E-state index contributed by atoms with van der Waals surface area (Å²) in [5.74, 6) is 0.558. The smallest absolute Gasteiger partial charge is 0.243 e. The molecule has 0 spiro atoms. The van der Waals surface area contributed by atoms with Crippen LogP contribution in [0.5, 0.6) is 0 Å². The van der Waals surface area contributed by atoms with Gasteiger partial charge in [0.1, 0.15) is 0 Å². The molecule has 0 aliphatic carbocycles. The van der Waals surface area contributed by atoms with Gasteiger partial charge in [-0.1, -0.05) is 0 Å². The maximum atomic E-state index is 11.6. The van der Waals surface area contributed by atoms with E-state index in [1.807, 2.05) is 24.5 Å². The minimum atomic E-state index is -3.11. The summed E-state index contributed by atoms with van der Waals surface area (Å²) in [5, 5.41) is 14.5. The Morgan fingerprint density at radius 2 is 2.08 bits per heavy atom. The topological polar surface area (TPSA) is 108 Å². The molecule has 10 heteroatoms. The minimum absolute atomic E-state index is 0.170. The van der Waals surface area contributed by atoms with Crippen LogP contribution in [0.2, 0.25) is 0 Å². The molecule has 1 aliphatic heterocycles. The number of pyridine rings is 1. The third kappa shape index (κ3) is 3.35. The van der Waals surface area contributed by atoms with Crippen LogP contribution >= 0.6 is 0 Å². The number of aromatic nitrogens is 5. The van der Waals surface area contributed by atoms with Gasteiger partial charge in [-0.25, -0.2) is 17.2 Å². The quantitative estimate of drug-likeness (QED) is 0.716. The second kappa shape index (κ2) is 6.12. The van der Waals surface area contributed by atoms with Gasteiger partial charge in [0.15, 0.2) is 5.65 Å². The number of fused-ring (bicyclic) bond motifs is 1.